The second-order valence-electron chi connectivity index (χ2n) is 5.82. The van der Waals surface area contributed by atoms with E-state index in [1.807, 2.05) is 26.0 Å². The lowest BCUT2D eigenvalue weighted by Crippen LogP contribution is -2.30. The average Bonchev–Trinajstić information content (AvgIpc) is 2.52. The summed E-state index contributed by atoms with van der Waals surface area (Å²) in [6, 6.07) is 9.69. The third kappa shape index (κ3) is 4.19. The van der Waals surface area contributed by atoms with E-state index in [0.29, 0.717) is 11.3 Å². The summed E-state index contributed by atoms with van der Waals surface area (Å²) in [6.07, 6.45) is -0.998. The summed E-state index contributed by atoms with van der Waals surface area (Å²) in [7, 11) is 0. The molecule has 2 aromatic carbocycles. The minimum atomic E-state index is -0.998. The van der Waals surface area contributed by atoms with Gasteiger partial charge in [0.15, 0.2) is 6.10 Å². The maximum atomic E-state index is 13.5. The van der Waals surface area contributed by atoms with E-state index in [0.717, 1.165) is 17.2 Å². The van der Waals surface area contributed by atoms with Gasteiger partial charge >= 0.3 is 5.97 Å². The van der Waals surface area contributed by atoms with Crippen LogP contribution in [0.5, 0.6) is 0 Å². The molecule has 0 unspecified atom stereocenters. The van der Waals surface area contributed by atoms with Crippen molar-refractivity contribution in [3.8, 4) is 0 Å². The smallest absolute Gasteiger partial charge is 0.339 e. The second-order valence-corrected chi connectivity index (χ2v) is 5.82. The van der Waals surface area contributed by atoms with Crippen molar-refractivity contribution in [1.29, 1.82) is 0 Å². The van der Waals surface area contributed by atoms with Crippen LogP contribution in [0.15, 0.2) is 36.4 Å². The first-order chi connectivity index (χ1) is 11.3. The first kappa shape index (κ1) is 17.7. The second kappa shape index (κ2) is 7.25. The molecular formula is C19H20FNO3. The number of rotatable bonds is 4. The number of anilines is 1. The monoisotopic (exact) mass is 329 g/mol. The molecule has 0 fully saturated rings. The van der Waals surface area contributed by atoms with Gasteiger partial charge in [-0.1, -0.05) is 23.8 Å². The largest absolute Gasteiger partial charge is 0.449 e. The van der Waals surface area contributed by atoms with Gasteiger partial charge in [-0.05, 0) is 57.0 Å². The summed E-state index contributed by atoms with van der Waals surface area (Å²) >= 11 is 0. The van der Waals surface area contributed by atoms with Crippen molar-refractivity contribution in [3.05, 3.63) is 64.5 Å². The summed E-state index contributed by atoms with van der Waals surface area (Å²) in [5.41, 5.74) is 3.18. The summed E-state index contributed by atoms with van der Waals surface area (Å²) in [5, 5.41) is 2.72. The Kier molecular flexibility index (Phi) is 5.34. The number of ether oxygens (including phenoxy) is 1. The molecule has 0 bridgehead atoms. The molecule has 1 N–H and O–H groups in total. The highest BCUT2D eigenvalue weighted by Crippen LogP contribution is 2.17. The minimum Gasteiger partial charge on any atom is -0.449 e. The number of esters is 1. The maximum absolute atomic E-state index is 13.5. The normalized spacial score (nSPS) is 11.7. The van der Waals surface area contributed by atoms with Crippen molar-refractivity contribution in [2.75, 3.05) is 5.32 Å². The fourth-order valence-electron chi connectivity index (χ4n) is 2.19. The van der Waals surface area contributed by atoms with E-state index in [9.17, 15) is 14.0 Å². The summed E-state index contributed by atoms with van der Waals surface area (Å²) in [5.74, 6) is -1.67. The number of benzene rings is 2. The third-order valence-electron chi connectivity index (χ3n) is 3.70. The van der Waals surface area contributed by atoms with E-state index in [2.05, 4.69) is 5.32 Å². The SMILES string of the molecule is Cc1ccc(NC(=O)[C@@H](C)OC(=O)c2ccc(C)c(F)c2)c(C)c1. The summed E-state index contributed by atoms with van der Waals surface area (Å²) in [4.78, 5) is 24.2. The Balaban J connectivity index is 2.02. The molecule has 126 valence electrons. The van der Waals surface area contributed by atoms with E-state index < -0.39 is 23.8 Å². The lowest BCUT2D eigenvalue weighted by molar-refractivity contribution is -0.123. The molecule has 0 saturated carbocycles. The van der Waals surface area contributed by atoms with Gasteiger partial charge < -0.3 is 10.1 Å². The van der Waals surface area contributed by atoms with Crippen LogP contribution in [0.4, 0.5) is 10.1 Å². The van der Waals surface area contributed by atoms with Crippen molar-refractivity contribution in [2.24, 2.45) is 0 Å². The van der Waals surface area contributed by atoms with Crippen LogP contribution in [0, 0.1) is 26.6 Å². The molecule has 0 aliphatic carbocycles. The van der Waals surface area contributed by atoms with Crippen LogP contribution in [0.1, 0.15) is 34.0 Å². The van der Waals surface area contributed by atoms with E-state index in [4.69, 9.17) is 4.74 Å². The number of carbonyl (C=O) groups is 2. The molecule has 0 radical (unpaired) electrons. The van der Waals surface area contributed by atoms with Gasteiger partial charge in [0.1, 0.15) is 5.82 Å². The van der Waals surface area contributed by atoms with E-state index >= 15 is 0 Å². The van der Waals surface area contributed by atoms with Crippen molar-refractivity contribution < 1.29 is 18.7 Å². The highest BCUT2D eigenvalue weighted by atomic mass is 19.1. The van der Waals surface area contributed by atoms with E-state index in [1.165, 1.54) is 19.1 Å². The molecule has 5 heteroatoms. The maximum Gasteiger partial charge on any atom is 0.339 e. The Labute approximate surface area is 140 Å². The number of halogens is 1. The van der Waals surface area contributed by atoms with Gasteiger partial charge in [0.2, 0.25) is 0 Å². The van der Waals surface area contributed by atoms with E-state index in [1.54, 1.807) is 13.0 Å². The van der Waals surface area contributed by atoms with Crippen LogP contribution in [0.25, 0.3) is 0 Å². The number of hydrogen-bond donors (Lipinski definition) is 1. The predicted octanol–water partition coefficient (Wildman–Crippen LogP) is 3.93. The molecule has 0 aliphatic heterocycles. The molecule has 4 nitrogen and oxygen atoms in total. The zero-order chi connectivity index (χ0) is 17.9. The quantitative estimate of drug-likeness (QED) is 0.865. The van der Waals surface area contributed by atoms with Gasteiger partial charge in [-0.2, -0.15) is 0 Å². The molecule has 0 heterocycles. The molecule has 1 amide bonds. The van der Waals surface area contributed by atoms with Crippen molar-refractivity contribution >= 4 is 17.6 Å². The Morgan fingerprint density at radius 2 is 1.75 bits per heavy atom. The van der Waals surface area contributed by atoms with E-state index in [-0.39, 0.29) is 5.56 Å². The van der Waals surface area contributed by atoms with Crippen LogP contribution in [-0.4, -0.2) is 18.0 Å². The van der Waals surface area contributed by atoms with Gasteiger partial charge in [-0.15, -0.1) is 0 Å². The number of amides is 1. The Hall–Kier alpha value is -2.69. The zero-order valence-corrected chi connectivity index (χ0v) is 14.1. The molecule has 0 spiro atoms. The highest BCUT2D eigenvalue weighted by molar-refractivity contribution is 5.97. The number of carbonyl (C=O) groups excluding carboxylic acids is 2. The fourth-order valence-corrected chi connectivity index (χ4v) is 2.19. The molecule has 0 aromatic heterocycles. The van der Waals surface area contributed by atoms with Crippen LogP contribution in [-0.2, 0) is 9.53 Å². The van der Waals surface area contributed by atoms with Crippen LogP contribution >= 0.6 is 0 Å². The van der Waals surface area contributed by atoms with Crippen LogP contribution in [0.2, 0.25) is 0 Å². The standard InChI is InChI=1S/C19H20FNO3/c1-11-5-8-17(13(3)9-11)21-18(22)14(4)24-19(23)15-7-6-12(2)16(20)10-15/h5-10,14H,1-4H3,(H,21,22)/t14-/m1/s1. The number of hydrogen-bond acceptors (Lipinski definition) is 3. The first-order valence-corrected chi connectivity index (χ1v) is 7.63. The first-order valence-electron chi connectivity index (χ1n) is 7.63. The molecule has 0 saturated heterocycles. The topological polar surface area (TPSA) is 55.4 Å². The van der Waals surface area contributed by atoms with Crippen molar-refractivity contribution in [3.63, 3.8) is 0 Å². The average molecular weight is 329 g/mol. The predicted molar refractivity (Wildman–Crippen MR) is 90.6 cm³/mol. The molecule has 24 heavy (non-hydrogen) atoms. The number of nitrogens with one attached hydrogen (secondary N) is 1. The summed E-state index contributed by atoms with van der Waals surface area (Å²) in [6.45, 7) is 6.92. The Morgan fingerprint density at radius 3 is 2.38 bits per heavy atom. The van der Waals surface area contributed by atoms with Gasteiger partial charge in [-0.3, -0.25) is 4.79 Å². The van der Waals surface area contributed by atoms with Crippen LogP contribution < -0.4 is 5.32 Å². The Bertz CT molecular complexity index is 786. The molecule has 0 aliphatic rings. The van der Waals surface area contributed by atoms with Gasteiger partial charge in [0.05, 0.1) is 5.56 Å². The lowest BCUT2D eigenvalue weighted by atomic mass is 10.1. The molecular weight excluding hydrogens is 309 g/mol. The van der Waals surface area contributed by atoms with Crippen molar-refractivity contribution in [2.45, 2.75) is 33.8 Å². The molecule has 1 atom stereocenters. The Morgan fingerprint density at radius 1 is 1.04 bits per heavy atom. The third-order valence-corrected chi connectivity index (χ3v) is 3.70. The zero-order valence-electron chi connectivity index (χ0n) is 14.1. The number of aryl methyl sites for hydroxylation is 3. The summed E-state index contributed by atoms with van der Waals surface area (Å²) < 4.78 is 18.6. The van der Waals surface area contributed by atoms with Crippen molar-refractivity contribution in [1.82, 2.24) is 0 Å². The highest BCUT2D eigenvalue weighted by Gasteiger charge is 2.20. The lowest BCUT2D eigenvalue weighted by Gasteiger charge is -2.15. The fraction of sp³-hybridized carbons (Fsp3) is 0.263. The molecule has 2 rings (SSSR count). The minimum absolute atomic E-state index is 0.0734. The van der Waals surface area contributed by atoms with Gasteiger partial charge in [-0.25, -0.2) is 9.18 Å². The van der Waals surface area contributed by atoms with Crippen LogP contribution in [0.3, 0.4) is 0 Å². The molecule has 2 aromatic rings. The van der Waals surface area contributed by atoms with Gasteiger partial charge in [0.25, 0.3) is 5.91 Å². The van der Waals surface area contributed by atoms with Gasteiger partial charge in [0, 0.05) is 5.69 Å².